The zero-order valence-electron chi connectivity index (χ0n) is 9.17. The third-order valence-corrected chi connectivity index (χ3v) is 3.38. The highest BCUT2D eigenvalue weighted by atomic mass is 32.1. The van der Waals surface area contributed by atoms with E-state index < -0.39 is 0 Å². The molecule has 1 fully saturated rings. The van der Waals surface area contributed by atoms with E-state index in [1.165, 1.54) is 0 Å². The van der Waals surface area contributed by atoms with Gasteiger partial charge in [-0.2, -0.15) is 0 Å². The molecule has 0 aliphatic carbocycles. The van der Waals surface area contributed by atoms with E-state index in [4.69, 9.17) is 14.2 Å². The van der Waals surface area contributed by atoms with Crippen LogP contribution in [0.3, 0.4) is 0 Å². The van der Waals surface area contributed by atoms with Crippen LogP contribution in [0.2, 0.25) is 0 Å². The normalized spacial score (nSPS) is 16.2. The summed E-state index contributed by atoms with van der Waals surface area (Å²) in [6.07, 6.45) is -0.270. The molecule has 1 aromatic carbocycles. The number of ether oxygens (including phenoxy) is 3. The largest absolute Gasteiger partial charge is 0.456 e. The van der Waals surface area contributed by atoms with Crippen molar-refractivity contribution in [2.45, 2.75) is 6.29 Å². The summed E-state index contributed by atoms with van der Waals surface area (Å²) < 4.78 is 16.8. The van der Waals surface area contributed by atoms with Gasteiger partial charge < -0.3 is 14.2 Å². The zero-order chi connectivity index (χ0) is 11.5. The second kappa shape index (κ2) is 4.87. The zero-order valence-corrected chi connectivity index (χ0v) is 9.98. The molecule has 1 saturated heterocycles. The summed E-state index contributed by atoms with van der Waals surface area (Å²) in [5.74, 6) is 1.64. The summed E-state index contributed by atoms with van der Waals surface area (Å²) in [6, 6.07) is 11.7. The summed E-state index contributed by atoms with van der Waals surface area (Å²) in [4.78, 5) is 0.992. The number of para-hydroxylation sites is 1. The molecule has 0 unspecified atom stereocenters. The van der Waals surface area contributed by atoms with Gasteiger partial charge >= 0.3 is 0 Å². The molecular formula is C13H12O3S. The Labute approximate surface area is 104 Å². The quantitative estimate of drug-likeness (QED) is 0.830. The molecule has 0 spiro atoms. The van der Waals surface area contributed by atoms with Crippen LogP contribution < -0.4 is 4.74 Å². The average Bonchev–Trinajstić information content (AvgIpc) is 3.00. The van der Waals surface area contributed by atoms with Crippen molar-refractivity contribution in [1.29, 1.82) is 0 Å². The van der Waals surface area contributed by atoms with Crippen molar-refractivity contribution in [1.82, 2.24) is 0 Å². The molecule has 1 aliphatic heterocycles. The molecule has 4 heteroatoms. The fourth-order valence-corrected chi connectivity index (χ4v) is 2.50. The van der Waals surface area contributed by atoms with Crippen LogP contribution >= 0.6 is 11.3 Å². The van der Waals surface area contributed by atoms with Crippen LogP contribution in [0.25, 0.3) is 0 Å². The third kappa shape index (κ3) is 2.34. The minimum atomic E-state index is -0.270. The second-order valence-corrected chi connectivity index (χ2v) is 4.59. The molecule has 17 heavy (non-hydrogen) atoms. The van der Waals surface area contributed by atoms with E-state index in [2.05, 4.69) is 0 Å². The number of benzene rings is 1. The fourth-order valence-electron chi connectivity index (χ4n) is 1.69. The molecule has 1 aromatic heterocycles. The first-order chi connectivity index (χ1) is 8.43. The molecule has 1 aliphatic rings. The van der Waals surface area contributed by atoms with Gasteiger partial charge in [0, 0.05) is 0 Å². The number of hydrogen-bond acceptors (Lipinski definition) is 4. The maximum Gasteiger partial charge on any atom is 0.196 e. The Hall–Kier alpha value is -1.36. The Balaban J connectivity index is 1.81. The summed E-state index contributed by atoms with van der Waals surface area (Å²) in [5.41, 5.74) is 0. The Morgan fingerprint density at radius 2 is 1.82 bits per heavy atom. The lowest BCUT2D eigenvalue weighted by atomic mass is 10.3. The SMILES string of the molecule is c1ccc(Oc2ccsc2C2OCCO2)cc1. The Morgan fingerprint density at radius 1 is 1.06 bits per heavy atom. The van der Waals surface area contributed by atoms with Crippen LogP contribution in [0.1, 0.15) is 11.2 Å². The summed E-state index contributed by atoms with van der Waals surface area (Å²) >= 11 is 1.59. The van der Waals surface area contributed by atoms with Crippen molar-refractivity contribution < 1.29 is 14.2 Å². The van der Waals surface area contributed by atoms with Gasteiger partial charge in [-0.1, -0.05) is 18.2 Å². The Kier molecular flexibility index (Phi) is 3.09. The van der Waals surface area contributed by atoms with Gasteiger partial charge in [-0.15, -0.1) is 11.3 Å². The lowest BCUT2D eigenvalue weighted by molar-refractivity contribution is -0.0423. The van der Waals surface area contributed by atoms with Gasteiger partial charge in [-0.25, -0.2) is 0 Å². The standard InChI is InChI=1S/C13H12O3S/c1-2-4-10(5-3-1)16-11-6-9-17-12(11)13-14-7-8-15-13/h1-6,9,13H,7-8H2. The molecular weight excluding hydrogens is 236 g/mol. The molecule has 0 radical (unpaired) electrons. The van der Waals surface area contributed by atoms with Crippen molar-refractivity contribution in [2.75, 3.05) is 13.2 Å². The smallest absolute Gasteiger partial charge is 0.196 e. The van der Waals surface area contributed by atoms with E-state index in [-0.39, 0.29) is 6.29 Å². The van der Waals surface area contributed by atoms with E-state index in [9.17, 15) is 0 Å². The van der Waals surface area contributed by atoms with Crippen molar-refractivity contribution in [3.8, 4) is 11.5 Å². The second-order valence-electron chi connectivity index (χ2n) is 3.64. The monoisotopic (exact) mass is 248 g/mol. The van der Waals surface area contributed by atoms with Gasteiger partial charge in [0.25, 0.3) is 0 Å². The van der Waals surface area contributed by atoms with Crippen molar-refractivity contribution in [3.63, 3.8) is 0 Å². The maximum atomic E-state index is 5.81. The van der Waals surface area contributed by atoms with Crippen LogP contribution in [0, 0.1) is 0 Å². The topological polar surface area (TPSA) is 27.7 Å². The number of hydrogen-bond donors (Lipinski definition) is 0. The van der Waals surface area contributed by atoms with Gasteiger partial charge in [0.05, 0.1) is 13.2 Å². The molecule has 0 atom stereocenters. The summed E-state index contributed by atoms with van der Waals surface area (Å²) in [6.45, 7) is 1.29. The first kappa shape index (κ1) is 10.8. The van der Waals surface area contributed by atoms with Gasteiger partial charge in [0.1, 0.15) is 16.4 Å². The van der Waals surface area contributed by atoms with Crippen molar-refractivity contribution in [3.05, 3.63) is 46.7 Å². The summed E-state index contributed by atoms with van der Waals surface area (Å²) in [5, 5.41) is 1.98. The van der Waals surface area contributed by atoms with Crippen molar-refractivity contribution >= 4 is 11.3 Å². The molecule has 2 heterocycles. The predicted octanol–water partition coefficient (Wildman–Crippen LogP) is 3.59. The van der Waals surface area contributed by atoms with E-state index >= 15 is 0 Å². The first-order valence-corrected chi connectivity index (χ1v) is 6.35. The minimum Gasteiger partial charge on any atom is -0.456 e. The van der Waals surface area contributed by atoms with Crippen LogP contribution in [0.4, 0.5) is 0 Å². The molecule has 88 valence electrons. The number of rotatable bonds is 3. The molecule has 0 amide bonds. The van der Waals surface area contributed by atoms with E-state index in [0.717, 1.165) is 16.4 Å². The van der Waals surface area contributed by atoms with Gasteiger partial charge in [0.2, 0.25) is 0 Å². The Morgan fingerprint density at radius 3 is 2.59 bits per heavy atom. The van der Waals surface area contributed by atoms with Crippen LogP contribution in [0.5, 0.6) is 11.5 Å². The molecule has 3 nitrogen and oxygen atoms in total. The Bertz CT molecular complexity index is 474. The first-order valence-electron chi connectivity index (χ1n) is 5.47. The van der Waals surface area contributed by atoms with E-state index in [0.29, 0.717) is 13.2 Å². The van der Waals surface area contributed by atoms with Crippen LogP contribution in [-0.2, 0) is 9.47 Å². The highest BCUT2D eigenvalue weighted by molar-refractivity contribution is 7.10. The van der Waals surface area contributed by atoms with Crippen molar-refractivity contribution in [2.24, 2.45) is 0 Å². The average molecular weight is 248 g/mol. The van der Waals surface area contributed by atoms with E-state index in [1.54, 1.807) is 11.3 Å². The molecule has 0 saturated carbocycles. The molecule has 0 N–H and O–H groups in total. The lowest BCUT2D eigenvalue weighted by Crippen LogP contribution is -1.97. The third-order valence-electron chi connectivity index (χ3n) is 2.46. The number of thiophene rings is 1. The predicted molar refractivity (Wildman–Crippen MR) is 65.5 cm³/mol. The fraction of sp³-hybridized carbons (Fsp3) is 0.231. The molecule has 3 rings (SSSR count). The van der Waals surface area contributed by atoms with Gasteiger partial charge in [-0.3, -0.25) is 0 Å². The highest BCUT2D eigenvalue weighted by Crippen LogP contribution is 2.37. The van der Waals surface area contributed by atoms with Crippen LogP contribution in [0.15, 0.2) is 41.8 Å². The van der Waals surface area contributed by atoms with Gasteiger partial charge in [0.15, 0.2) is 6.29 Å². The van der Waals surface area contributed by atoms with E-state index in [1.807, 2.05) is 41.8 Å². The van der Waals surface area contributed by atoms with Gasteiger partial charge in [-0.05, 0) is 23.6 Å². The minimum absolute atomic E-state index is 0.270. The molecule has 0 bridgehead atoms. The summed E-state index contributed by atoms with van der Waals surface area (Å²) in [7, 11) is 0. The lowest BCUT2D eigenvalue weighted by Gasteiger charge is -2.10. The maximum absolute atomic E-state index is 5.81. The van der Waals surface area contributed by atoms with Crippen LogP contribution in [-0.4, -0.2) is 13.2 Å². The highest BCUT2D eigenvalue weighted by Gasteiger charge is 2.23. The molecule has 2 aromatic rings.